The maximum atomic E-state index is 11.8. The Kier molecular flexibility index (Phi) is 5.78. The number of hydrogen-bond donors (Lipinski definition) is 1. The third-order valence-corrected chi connectivity index (χ3v) is 2.72. The number of nitrogens with one attached hydrogen (secondary N) is 1. The second-order valence-corrected chi connectivity index (χ2v) is 6.74. The zero-order valence-electron chi connectivity index (χ0n) is 12.9. The Morgan fingerprint density at radius 3 is 2.05 bits per heavy atom. The molecule has 0 aromatic heterocycles. The molecule has 0 aliphatic heterocycles. The molecule has 0 aromatic rings. The van der Waals surface area contributed by atoms with Gasteiger partial charge in [-0.2, -0.15) is 0 Å². The van der Waals surface area contributed by atoms with Crippen LogP contribution >= 0.6 is 0 Å². The number of alkyl carbamates (subject to hydrolysis) is 1. The van der Waals surface area contributed by atoms with Gasteiger partial charge >= 0.3 is 6.09 Å². The van der Waals surface area contributed by atoms with Crippen LogP contribution in [0.15, 0.2) is 0 Å². The van der Waals surface area contributed by atoms with Crippen molar-refractivity contribution in [3.05, 3.63) is 10.1 Å². The lowest BCUT2D eigenvalue weighted by Gasteiger charge is -2.30. The molecule has 0 spiro atoms. The molecule has 0 aliphatic rings. The van der Waals surface area contributed by atoms with Crippen LogP contribution in [0.3, 0.4) is 0 Å². The Bertz CT molecular complexity index is 332. The van der Waals surface area contributed by atoms with Gasteiger partial charge < -0.3 is 10.1 Å². The lowest BCUT2D eigenvalue weighted by molar-refractivity contribution is -0.565. The summed E-state index contributed by atoms with van der Waals surface area (Å²) in [5, 5.41) is 13.7. The fourth-order valence-corrected chi connectivity index (χ4v) is 1.57. The normalized spacial score (nSPS) is 14.1. The summed E-state index contributed by atoms with van der Waals surface area (Å²) in [4.78, 5) is 22.5. The van der Waals surface area contributed by atoms with Crippen LogP contribution in [0.1, 0.15) is 54.9 Å². The van der Waals surface area contributed by atoms with Gasteiger partial charge in [-0.25, -0.2) is 4.79 Å². The van der Waals surface area contributed by atoms with Crippen LogP contribution < -0.4 is 5.32 Å². The summed E-state index contributed by atoms with van der Waals surface area (Å²) in [5.41, 5.74) is -1.85. The Labute approximate surface area is 115 Å². The highest BCUT2D eigenvalue weighted by Crippen LogP contribution is 2.21. The molecule has 6 nitrogen and oxygen atoms in total. The van der Waals surface area contributed by atoms with E-state index in [0.29, 0.717) is 6.42 Å². The highest BCUT2D eigenvalue weighted by atomic mass is 16.6. The first kappa shape index (κ1) is 17.7. The summed E-state index contributed by atoms with van der Waals surface area (Å²) in [7, 11) is 0. The predicted octanol–water partition coefficient (Wildman–Crippen LogP) is 2.98. The fraction of sp³-hybridized carbons (Fsp3) is 0.923. The van der Waals surface area contributed by atoms with E-state index in [0.717, 1.165) is 0 Å². The van der Waals surface area contributed by atoms with Crippen LogP contribution in [0.5, 0.6) is 0 Å². The second kappa shape index (κ2) is 6.21. The minimum Gasteiger partial charge on any atom is -0.444 e. The first-order valence-corrected chi connectivity index (χ1v) is 6.50. The number of nitrogens with zero attached hydrogens (tertiary/aromatic N) is 1. The van der Waals surface area contributed by atoms with Crippen molar-refractivity contribution in [1.29, 1.82) is 0 Å². The number of ether oxygens (including phenoxy) is 1. The molecule has 0 bridgehead atoms. The largest absolute Gasteiger partial charge is 0.444 e. The molecule has 0 heterocycles. The van der Waals surface area contributed by atoms with Crippen LogP contribution in [-0.2, 0) is 4.74 Å². The Balaban J connectivity index is 4.89. The van der Waals surface area contributed by atoms with Gasteiger partial charge in [0, 0.05) is 18.8 Å². The number of carbonyl (C=O) groups is 1. The van der Waals surface area contributed by atoms with Gasteiger partial charge in [-0.3, -0.25) is 10.1 Å². The number of rotatable bonds is 5. The highest BCUT2D eigenvalue weighted by molar-refractivity contribution is 5.68. The smallest absolute Gasteiger partial charge is 0.408 e. The molecule has 0 aliphatic carbocycles. The van der Waals surface area contributed by atoms with E-state index in [-0.39, 0.29) is 10.8 Å². The molecule has 19 heavy (non-hydrogen) atoms. The predicted molar refractivity (Wildman–Crippen MR) is 73.7 cm³/mol. The van der Waals surface area contributed by atoms with E-state index in [1.807, 2.05) is 13.8 Å². The van der Waals surface area contributed by atoms with Crippen molar-refractivity contribution in [3.8, 4) is 0 Å². The Hall–Kier alpha value is -1.33. The molecule has 6 heteroatoms. The average Bonchev–Trinajstić information content (AvgIpc) is 2.12. The molecule has 0 saturated carbocycles. The quantitative estimate of drug-likeness (QED) is 0.617. The number of nitro groups is 1. The summed E-state index contributed by atoms with van der Waals surface area (Å²) in [6.45, 7) is 12.2. The molecule has 1 N–H and O–H groups in total. The van der Waals surface area contributed by atoms with Crippen molar-refractivity contribution in [2.45, 2.75) is 72.1 Å². The molecule has 0 rings (SSSR count). The minimum atomic E-state index is -1.23. The monoisotopic (exact) mass is 274 g/mol. The van der Waals surface area contributed by atoms with E-state index in [4.69, 9.17) is 4.74 Å². The van der Waals surface area contributed by atoms with Gasteiger partial charge in [0.1, 0.15) is 11.6 Å². The molecule has 1 unspecified atom stereocenters. The SMILES string of the molecule is CC(C)CC(NC(=O)OC(C)(C)C)C(C)(C)[N+](=O)[O-]. The molecule has 0 aromatic carbocycles. The average molecular weight is 274 g/mol. The van der Waals surface area contributed by atoms with Crippen molar-refractivity contribution in [2.75, 3.05) is 0 Å². The topological polar surface area (TPSA) is 81.5 Å². The molecule has 0 saturated heterocycles. The van der Waals surface area contributed by atoms with Gasteiger partial charge in [0.05, 0.1) is 0 Å². The number of carbonyl (C=O) groups excluding carboxylic acids is 1. The van der Waals surface area contributed by atoms with E-state index in [2.05, 4.69) is 5.32 Å². The molecule has 1 amide bonds. The third-order valence-electron chi connectivity index (χ3n) is 2.72. The summed E-state index contributed by atoms with van der Waals surface area (Å²) in [6.07, 6.45) is -0.0965. The van der Waals surface area contributed by atoms with E-state index in [1.165, 1.54) is 13.8 Å². The van der Waals surface area contributed by atoms with Gasteiger partial charge in [-0.05, 0) is 33.1 Å². The molecule has 0 radical (unpaired) electrons. The maximum absolute atomic E-state index is 11.8. The lowest BCUT2D eigenvalue weighted by Crippen LogP contribution is -2.54. The van der Waals surface area contributed by atoms with E-state index in [1.54, 1.807) is 20.8 Å². The number of hydrogen-bond acceptors (Lipinski definition) is 4. The second-order valence-electron chi connectivity index (χ2n) is 6.74. The van der Waals surface area contributed by atoms with E-state index in [9.17, 15) is 14.9 Å². The van der Waals surface area contributed by atoms with Crippen LogP contribution in [0.2, 0.25) is 0 Å². The van der Waals surface area contributed by atoms with Crippen molar-refractivity contribution in [3.63, 3.8) is 0 Å². The Morgan fingerprint density at radius 2 is 1.74 bits per heavy atom. The van der Waals surface area contributed by atoms with E-state index < -0.39 is 23.3 Å². The van der Waals surface area contributed by atoms with Gasteiger partial charge in [0.15, 0.2) is 0 Å². The zero-order chi connectivity index (χ0) is 15.4. The first-order chi connectivity index (χ1) is 8.36. The van der Waals surface area contributed by atoms with Gasteiger partial charge in [-0.15, -0.1) is 0 Å². The summed E-state index contributed by atoms with van der Waals surface area (Å²) in [6, 6.07) is -0.572. The Morgan fingerprint density at radius 1 is 1.26 bits per heavy atom. The number of amides is 1. The molecular formula is C13H26N2O4. The van der Waals surface area contributed by atoms with E-state index >= 15 is 0 Å². The maximum Gasteiger partial charge on any atom is 0.408 e. The van der Waals surface area contributed by atoms with Crippen LogP contribution in [0.4, 0.5) is 4.79 Å². The summed E-state index contributed by atoms with van der Waals surface area (Å²) >= 11 is 0. The first-order valence-electron chi connectivity index (χ1n) is 6.50. The fourth-order valence-electron chi connectivity index (χ4n) is 1.57. The standard InChI is InChI=1S/C13H26N2O4/c1-9(2)8-10(13(6,7)15(17)18)14-11(16)19-12(3,4)5/h9-10H,8H2,1-7H3,(H,14,16). The van der Waals surface area contributed by atoms with Crippen molar-refractivity contribution < 1.29 is 14.5 Å². The molecule has 112 valence electrons. The minimum absolute atomic E-state index is 0.235. The summed E-state index contributed by atoms with van der Waals surface area (Å²) in [5.74, 6) is 0.235. The lowest BCUT2D eigenvalue weighted by atomic mass is 9.88. The van der Waals surface area contributed by atoms with Crippen molar-refractivity contribution >= 4 is 6.09 Å². The van der Waals surface area contributed by atoms with Gasteiger partial charge in [0.25, 0.3) is 0 Å². The van der Waals surface area contributed by atoms with Crippen molar-refractivity contribution in [2.24, 2.45) is 5.92 Å². The van der Waals surface area contributed by atoms with Crippen molar-refractivity contribution in [1.82, 2.24) is 5.32 Å². The van der Waals surface area contributed by atoms with Crippen LogP contribution in [0, 0.1) is 16.0 Å². The molecular weight excluding hydrogens is 248 g/mol. The van der Waals surface area contributed by atoms with Gasteiger partial charge in [-0.1, -0.05) is 13.8 Å². The van der Waals surface area contributed by atoms with Gasteiger partial charge in [0.2, 0.25) is 5.54 Å². The zero-order valence-corrected chi connectivity index (χ0v) is 12.9. The molecule has 1 atom stereocenters. The van der Waals surface area contributed by atoms with Crippen LogP contribution in [-0.4, -0.2) is 28.2 Å². The van der Waals surface area contributed by atoms with Crippen LogP contribution in [0.25, 0.3) is 0 Å². The summed E-state index contributed by atoms with van der Waals surface area (Å²) < 4.78 is 5.15. The molecule has 0 fully saturated rings. The third kappa shape index (κ3) is 6.40. The highest BCUT2D eigenvalue weighted by Gasteiger charge is 2.42.